The van der Waals surface area contributed by atoms with E-state index in [9.17, 15) is 5.11 Å². The number of rotatable bonds is 2. The molecule has 2 heterocycles. The lowest BCUT2D eigenvalue weighted by molar-refractivity contribution is -0.157. The van der Waals surface area contributed by atoms with Gasteiger partial charge in [0.25, 0.3) is 0 Å². The Hall–Kier alpha value is -0.870. The molecule has 0 aromatic carbocycles. The van der Waals surface area contributed by atoms with Gasteiger partial charge in [-0.1, -0.05) is 0 Å². The van der Waals surface area contributed by atoms with Gasteiger partial charge in [-0.05, 0) is 51.0 Å². The Bertz CT molecular complexity index is 437. The van der Waals surface area contributed by atoms with Gasteiger partial charge < -0.3 is 9.84 Å². The summed E-state index contributed by atoms with van der Waals surface area (Å²) in [6, 6.07) is 1.99. The third-order valence-electron chi connectivity index (χ3n) is 4.58. The van der Waals surface area contributed by atoms with E-state index in [4.69, 9.17) is 4.74 Å². The summed E-state index contributed by atoms with van der Waals surface area (Å²) < 4.78 is 7.73. The molecule has 1 aromatic rings. The second-order valence-electron chi connectivity index (χ2n) is 5.92. The lowest BCUT2D eigenvalue weighted by Crippen LogP contribution is -2.46. The maximum absolute atomic E-state index is 10.6. The molecule has 1 aliphatic heterocycles. The standard InChI is InChI=1S/C14H22N2O2/c1-10-8-12(16(2)15-10)13(17)11-4-7-18-14(9-11)5-3-6-14/h8,11,13,17H,3-7,9H2,1-2H3. The van der Waals surface area contributed by atoms with Gasteiger partial charge in [0.2, 0.25) is 0 Å². The Labute approximate surface area is 108 Å². The molecule has 4 nitrogen and oxygen atoms in total. The molecule has 2 atom stereocenters. The first-order valence-electron chi connectivity index (χ1n) is 6.92. The molecule has 4 heteroatoms. The van der Waals surface area contributed by atoms with Crippen molar-refractivity contribution < 1.29 is 9.84 Å². The molecule has 2 fully saturated rings. The van der Waals surface area contributed by atoms with E-state index in [0.717, 1.165) is 30.8 Å². The summed E-state index contributed by atoms with van der Waals surface area (Å²) in [7, 11) is 1.91. The van der Waals surface area contributed by atoms with Gasteiger partial charge in [-0.2, -0.15) is 5.10 Å². The summed E-state index contributed by atoms with van der Waals surface area (Å²) in [5, 5.41) is 14.9. The zero-order valence-electron chi connectivity index (χ0n) is 11.2. The zero-order chi connectivity index (χ0) is 12.8. The Morgan fingerprint density at radius 2 is 2.33 bits per heavy atom. The first kappa shape index (κ1) is 12.2. The topological polar surface area (TPSA) is 47.3 Å². The predicted molar refractivity (Wildman–Crippen MR) is 68.2 cm³/mol. The van der Waals surface area contributed by atoms with Gasteiger partial charge >= 0.3 is 0 Å². The van der Waals surface area contributed by atoms with Crippen LogP contribution in [0.5, 0.6) is 0 Å². The van der Waals surface area contributed by atoms with E-state index in [-0.39, 0.29) is 5.60 Å². The number of aliphatic hydroxyl groups excluding tert-OH is 1. The van der Waals surface area contributed by atoms with E-state index < -0.39 is 6.10 Å². The van der Waals surface area contributed by atoms with Crippen LogP contribution in [-0.4, -0.2) is 27.1 Å². The second-order valence-corrected chi connectivity index (χ2v) is 5.92. The van der Waals surface area contributed by atoms with Gasteiger partial charge in [-0.25, -0.2) is 0 Å². The van der Waals surface area contributed by atoms with Crippen molar-refractivity contribution >= 4 is 0 Å². The Balaban J connectivity index is 1.75. The molecule has 1 saturated heterocycles. The number of hydrogen-bond donors (Lipinski definition) is 1. The van der Waals surface area contributed by atoms with E-state index in [1.54, 1.807) is 0 Å². The minimum absolute atomic E-state index is 0.0948. The minimum Gasteiger partial charge on any atom is -0.387 e. The van der Waals surface area contributed by atoms with Gasteiger partial charge in [-0.3, -0.25) is 4.68 Å². The first-order chi connectivity index (χ1) is 8.60. The Kier molecular flexibility index (Phi) is 2.94. The van der Waals surface area contributed by atoms with Crippen LogP contribution in [-0.2, 0) is 11.8 Å². The van der Waals surface area contributed by atoms with Crippen LogP contribution in [0.25, 0.3) is 0 Å². The average Bonchev–Trinajstić information content (AvgIpc) is 2.66. The smallest absolute Gasteiger partial charge is 0.0986 e. The van der Waals surface area contributed by atoms with Crippen molar-refractivity contribution in [1.82, 2.24) is 9.78 Å². The highest BCUT2D eigenvalue weighted by Gasteiger charge is 2.44. The average molecular weight is 250 g/mol. The van der Waals surface area contributed by atoms with Gasteiger partial charge in [0.15, 0.2) is 0 Å². The van der Waals surface area contributed by atoms with Crippen LogP contribution in [0.1, 0.15) is 49.6 Å². The van der Waals surface area contributed by atoms with Crippen molar-refractivity contribution in [2.45, 2.75) is 50.7 Å². The van der Waals surface area contributed by atoms with Gasteiger partial charge in [0.05, 0.1) is 23.1 Å². The van der Waals surface area contributed by atoms with Crippen LogP contribution in [0.3, 0.4) is 0 Å². The molecule has 100 valence electrons. The number of aliphatic hydroxyl groups is 1. The molecule has 0 bridgehead atoms. The molecule has 1 aliphatic carbocycles. The predicted octanol–water partition coefficient (Wildman–Crippen LogP) is 2.11. The quantitative estimate of drug-likeness (QED) is 0.874. The lowest BCUT2D eigenvalue weighted by Gasteiger charge is -2.48. The Morgan fingerprint density at radius 1 is 1.56 bits per heavy atom. The number of aryl methyl sites for hydroxylation is 2. The van der Waals surface area contributed by atoms with E-state index >= 15 is 0 Å². The van der Waals surface area contributed by atoms with Gasteiger partial charge in [0.1, 0.15) is 0 Å². The number of nitrogens with zero attached hydrogens (tertiary/aromatic N) is 2. The van der Waals surface area contributed by atoms with E-state index in [1.807, 2.05) is 24.7 Å². The van der Waals surface area contributed by atoms with E-state index in [0.29, 0.717) is 5.92 Å². The fraction of sp³-hybridized carbons (Fsp3) is 0.786. The van der Waals surface area contributed by atoms with Crippen molar-refractivity contribution in [3.8, 4) is 0 Å². The molecular weight excluding hydrogens is 228 g/mol. The highest BCUT2D eigenvalue weighted by molar-refractivity contribution is 5.13. The maximum Gasteiger partial charge on any atom is 0.0986 e. The van der Waals surface area contributed by atoms with Crippen molar-refractivity contribution in [1.29, 1.82) is 0 Å². The van der Waals surface area contributed by atoms with Crippen LogP contribution < -0.4 is 0 Å². The van der Waals surface area contributed by atoms with Crippen LogP contribution in [0.2, 0.25) is 0 Å². The summed E-state index contributed by atoms with van der Waals surface area (Å²) in [6.07, 6.45) is 5.15. The summed E-state index contributed by atoms with van der Waals surface area (Å²) in [5.74, 6) is 0.314. The van der Waals surface area contributed by atoms with Gasteiger partial charge in [0, 0.05) is 13.7 Å². The third kappa shape index (κ3) is 1.97. The van der Waals surface area contributed by atoms with E-state index in [2.05, 4.69) is 5.10 Å². The fourth-order valence-corrected chi connectivity index (χ4v) is 3.40. The molecule has 18 heavy (non-hydrogen) atoms. The second kappa shape index (κ2) is 4.35. The molecule has 3 rings (SSSR count). The Morgan fingerprint density at radius 3 is 2.89 bits per heavy atom. The summed E-state index contributed by atoms with van der Waals surface area (Å²) >= 11 is 0. The molecule has 1 saturated carbocycles. The summed E-state index contributed by atoms with van der Waals surface area (Å²) in [6.45, 7) is 2.76. The molecule has 0 amide bonds. The molecule has 1 spiro atoms. The molecule has 1 aromatic heterocycles. The first-order valence-corrected chi connectivity index (χ1v) is 6.92. The molecule has 2 unspecified atom stereocenters. The number of aromatic nitrogens is 2. The zero-order valence-corrected chi connectivity index (χ0v) is 11.2. The van der Waals surface area contributed by atoms with Crippen molar-refractivity contribution in [2.75, 3.05) is 6.61 Å². The van der Waals surface area contributed by atoms with Crippen LogP contribution in [0.4, 0.5) is 0 Å². The highest BCUT2D eigenvalue weighted by atomic mass is 16.5. The van der Waals surface area contributed by atoms with Crippen LogP contribution >= 0.6 is 0 Å². The third-order valence-corrected chi connectivity index (χ3v) is 4.58. The maximum atomic E-state index is 10.6. The summed E-state index contributed by atoms with van der Waals surface area (Å²) in [5.41, 5.74) is 2.00. The fourth-order valence-electron chi connectivity index (χ4n) is 3.40. The molecule has 1 N–H and O–H groups in total. The largest absolute Gasteiger partial charge is 0.387 e. The van der Waals surface area contributed by atoms with Crippen molar-refractivity contribution in [3.05, 3.63) is 17.5 Å². The summed E-state index contributed by atoms with van der Waals surface area (Å²) in [4.78, 5) is 0. The monoisotopic (exact) mass is 250 g/mol. The van der Waals surface area contributed by atoms with Gasteiger partial charge in [-0.15, -0.1) is 0 Å². The number of hydrogen-bond acceptors (Lipinski definition) is 3. The molecule has 0 radical (unpaired) electrons. The molecule has 2 aliphatic rings. The van der Waals surface area contributed by atoms with Crippen LogP contribution in [0.15, 0.2) is 6.07 Å². The van der Waals surface area contributed by atoms with Crippen molar-refractivity contribution in [3.63, 3.8) is 0 Å². The van der Waals surface area contributed by atoms with Crippen LogP contribution in [0, 0.1) is 12.8 Å². The highest BCUT2D eigenvalue weighted by Crippen LogP contribution is 2.47. The van der Waals surface area contributed by atoms with Crippen molar-refractivity contribution in [2.24, 2.45) is 13.0 Å². The lowest BCUT2D eigenvalue weighted by atomic mass is 9.70. The van der Waals surface area contributed by atoms with E-state index in [1.165, 1.54) is 19.3 Å². The molecular formula is C14H22N2O2. The normalized spacial score (nSPS) is 28.1. The number of ether oxygens (including phenoxy) is 1. The SMILES string of the molecule is Cc1cc(C(O)C2CCOC3(CCC3)C2)n(C)n1. The minimum atomic E-state index is -0.405.